The summed E-state index contributed by atoms with van der Waals surface area (Å²) in [5.74, 6) is 6.52. The molecule has 0 radical (unpaired) electrons. The summed E-state index contributed by atoms with van der Waals surface area (Å²) in [4.78, 5) is 0. The number of nitrogens with one attached hydrogen (secondary N) is 1. The minimum Gasteiger partial charge on any atom is -0.379 e. The molecule has 2 atom stereocenters. The standard InChI is InChI=1S/C16H26N2O/c1-3-7-15(19-2)16(18-17)14-11-5-4-10-13(14)12-8-6-9-12/h4-5,10-12,15-16,18H,3,6-9,17H2,1-2H3. The largest absolute Gasteiger partial charge is 0.379 e. The summed E-state index contributed by atoms with van der Waals surface area (Å²) in [5, 5.41) is 0. The van der Waals surface area contributed by atoms with Crippen LogP contribution in [0.15, 0.2) is 24.3 Å². The maximum atomic E-state index is 5.81. The molecule has 0 spiro atoms. The zero-order valence-electron chi connectivity index (χ0n) is 12.1. The van der Waals surface area contributed by atoms with E-state index in [1.54, 1.807) is 7.11 Å². The van der Waals surface area contributed by atoms with Gasteiger partial charge in [-0.2, -0.15) is 0 Å². The number of hydrogen-bond donors (Lipinski definition) is 2. The van der Waals surface area contributed by atoms with Crippen molar-refractivity contribution in [1.29, 1.82) is 0 Å². The first-order valence-electron chi connectivity index (χ1n) is 7.39. The molecule has 0 aromatic heterocycles. The highest BCUT2D eigenvalue weighted by Crippen LogP contribution is 2.40. The Kier molecular flexibility index (Phi) is 5.37. The second kappa shape index (κ2) is 7.04. The third kappa shape index (κ3) is 3.16. The monoisotopic (exact) mass is 262 g/mol. The van der Waals surface area contributed by atoms with Gasteiger partial charge in [-0.25, -0.2) is 0 Å². The van der Waals surface area contributed by atoms with Crippen LogP contribution in [0.5, 0.6) is 0 Å². The van der Waals surface area contributed by atoms with E-state index in [1.165, 1.54) is 30.4 Å². The van der Waals surface area contributed by atoms with Gasteiger partial charge in [-0.1, -0.05) is 44.0 Å². The zero-order valence-corrected chi connectivity index (χ0v) is 12.1. The first-order chi connectivity index (χ1) is 9.31. The summed E-state index contributed by atoms with van der Waals surface area (Å²) in [6.07, 6.45) is 6.21. The van der Waals surface area contributed by atoms with Crippen LogP contribution in [0.3, 0.4) is 0 Å². The lowest BCUT2D eigenvalue weighted by Crippen LogP contribution is -2.38. The van der Waals surface area contributed by atoms with E-state index >= 15 is 0 Å². The van der Waals surface area contributed by atoms with Crippen LogP contribution in [-0.4, -0.2) is 13.2 Å². The van der Waals surface area contributed by atoms with Gasteiger partial charge < -0.3 is 4.74 Å². The quantitative estimate of drug-likeness (QED) is 0.585. The normalized spacial score (nSPS) is 18.9. The van der Waals surface area contributed by atoms with E-state index in [0.717, 1.165) is 12.8 Å². The molecule has 1 saturated carbocycles. The molecular formula is C16H26N2O. The number of benzene rings is 1. The number of ether oxygens (including phenoxy) is 1. The van der Waals surface area contributed by atoms with E-state index in [9.17, 15) is 0 Å². The second-order valence-corrected chi connectivity index (χ2v) is 5.46. The third-order valence-corrected chi connectivity index (χ3v) is 4.30. The molecule has 0 amide bonds. The van der Waals surface area contributed by atoms with Gasteiger partial charge in [-0.05, 0) is 36.3 Å². The number of rotatable bonds is 7. The third-order valence-electron chi connectivity index (χ3n) is 4.30. The van der Waals surface area contributed by atoms with E-state index in [1.807, 2.05) is 0 Å². The Morgan fingerprint density at radius 2 is 2.11 bits per heavy atom. The molecule has 3 N–H and O–H groups in total. The van der Waals surface area contributed by atoms with Crippen LogP contribution in [0.25, 0.3) is 0 Å². The van der Waals surface area contributed by atoms with E-state index in [2.05, 4.69) is 36.6 Å². The highest BCUT2D eigenvalue weighted by molar-refractivity contribution is 5.34. The molecule has 0 aliphatic heterocycles. The van der Waals surface area contributed by atoms with E-state index < -0.39 is 0 Å². The van der Waals surface area contributed by atoms with Crippen molar-refractivity contribution in [2.24, 2.45) is 5.84 Å². The van der Waals surface area contributed by atoms with Crippen molar-refractivity contribution in [3.8, 4) is 0 Å². The van der Waals surface area contributed by atoms with Crippen molar-refractivity contribution in [2.75, 3.05) is 7.11 Å². The Hall–Kier alpha value is -0.900. The maximum absolute atomic E-state index is 5.81. The highest BCUT2D eigenvalue weighted by atomic mass is 16.5. The summed E-state index contributed by atoms with van der Waals surface area (Å²) in [6, 6.07) is 8.76. The van der Waals surface area contributed by atoms with Gasteiger partial charge in [0.2, 0.25) is 0 Å². The van der Waals surface area contributed by atoms with Crippen molar-refractivity contribution in [1.82, 2.24) is 5.43 Å². The highest BCUT2D eigenvalue weighted by Gasteiger charge is 2.28. The molecule has 1 aliphatic carbocycles. The molecule has 2 unspecified atom stereocenters. The van der Waals surface area contributed by atoms with Gasteiger partial charge in [0, 0.05) is 7.11 Å². The van der Waals surface area contributed by atoms with Crippen molar-refractivity contribution >= 4 is 0 Å². The van der Waals surface area contributed by atoms with Crippen LogP contribution in [0.1, 0.15) is 62.1 Å². The first kappa shape index (κ1) is 14.5. The van der Waals surface area contributed by atoms with Crippen LogP contribution in [0, 0.1) is 0 Å². The molecule has 3 nitrogen and oxygen atoms in total. The predicted octanol–water partition coefficient (Wildman–Crippen LogP) is 3.27. The van der Waals surface area contributed by atoms with Gasteiger partial charge in [-0.3, -0.25) is 11.3 Å². The molecule has 0 bridgehead atoms. The summed E-state index contributed by atoms with van der Waals surface area (Å²) < 4.78 is 5.64. The van der Waals surface area contributed by atoms with Gasteiger partial charge in [-0.15, -0.1) is 0 Å². The molecular weight excluding hydrogens is 236 g/mol. The molecule has 19 heavy (non-hydrogen) atoms. The Morgan fingerprint density at radius 3 is 2.63 bits per heavy atom. The van der Waals surface area contributed by atoms with Crippen LogP contribution in [0.4, 0.5) is 0 Å². The molecule has 0 heterocycles. The maximum Gasteiger partial charge on any atom is 0.0778 e. The minimum absolute atomic E-state index is 0.0850. The van der Waals surface area contributed by atoms with Gasteiger partial charge in [0.25, 0.3) is 0 Å². The summed E-state index contributed by atoms with van der Waals surface area (Å²) in [6.45, 7) is 2.18. The van der Waals surface area contributed by atoms with Crippen LogP contribution in [-0.2, 0) is 4.74 Å². The molecule has 1 aliphatic rings. The molecule has 3 heteroatoms. The Morgan fingerprint density at radius 1 is 1.37 bits per heavy atom. The van der Waals surface area contributed by atoms with Gasteiger partial charge >= 0.3 is 0 Å². The molecule has 2 rings (SSSR count). The van der Waals surface area contributed by atoms with Crippen molar-refractivity contribution in [3.05, 3.63) is 35.4 Å². The van der Waals surface area contributed by atoms with Crippen LogP contribution < -0.4 is 11.3 Å². The lowest BCUT2D eigenvalue weighted by molar-refractivity contribution is 0.0601. The van der Waals surface area contributed by atoms with Crippen LogP contribution >= 0.6 is 0 Å². The fraction of sp³-hybridized carbons (Fsp3) is 0.625. The molecule has 1 aromatic rings. The Balaban J connectivity index is 2.26. The summed E-state index contributed by atoms with van der Waals surface area (Å²) >= 11 is 0. The van der Waals surface area contributed by atoms with E-state index in [4.69, 9.17) is 10.6 Å². The fourth-order valence-corrected chi connectivity index (χ4v) is 2.99. The fourth-order valence-electron chi connectivity index (χ4n) is 2.99. The first-order valence-corrected chi connectivity index (χ1v) is 7.39. The molecule has 1 aromatic carbocycles. The van der Waals surface area contributed by atoms with Gasteiger partial charge in [0.15, 0.2) is 0 Å². The molecule has 1 fully saturated rings. The lowest BCUT2D eigenvalue weighted by atomic mass is 9.76. The van der Waals surface area contributed by atoms with Gasteiger partial charge in [0.1, 0.15) is 0 Å². The Labute approximate surface area is 116 Å². The van der Waals surface area contributed by atoms with E-state index in [-0.39, 0.29) is 12.1 Å². The number of hydrazine groups is 1. The summed E-state index contributed by atoms with van der Waals surface area (Å²) in [5.41, 5.74) is 5.74. The van der Waals surface area contributed by atoms with Crippen molar-refractivity contribution < 1.29 is 4.74 Å². The van der Waals surface area contributed by atoms with E-state index in [0.29, 0.717) is 5.92 Å². The Bertz CT molecular complexity index is 390. The number of hydrogen-bond acceptors (Lipinski definition) is 3. The predicted molar refractivity (Wildman–Crippen MR) is 78.8 cm³/mol. The van der Waals surface area contributed by atoms with Gasteiger partial charge in [0.05, 0.1) is 12.1 Å². The average Bonchev–Trinajstić information content (AvgIpc) is 2.38. The van der Waals surface area contributed by atoms with Crippen molar-refractivity contribution in [3.63, 3.8) is 0 Å². The topological polar surface area (TPSA) is 47.3 Å². The van der Waals surface area contributed by atoms with Crippen molar-refractivity contribution in [2.45, 2.75) is 57.1 Å². The molecule has 0 saturated heterocycles. The number of nitrogens with two attached hydrogens (primary N) is 1. The average molecular weight is 262 g/mol. The van der Waals surface area contributed by atoms with Crippen LogP contribution in [0.2, 0.25) is 0 Å². The lowest BCUT2D eigenvalue weighted by Gasteiger charge is -2.33. The zero-order chi connectivity index (χ0) is 13.7. The second-order valence-electron chi connectivity index (χ2n) is 5.46. The number of methoxy groups -OCH3 is 1. The smallest absolute Gasteiger partial charge is 0.0778 e. The minimum atomic E-state index is 0.0850. The molecule has 106 valence electrons. The summed E-state index contributed by atoms with van der Waals surface area (Å²) in [7, 11) is 1.77. The SMILES string of the molecule is CCCC(OC)C(NN)c1ccccc1C1CCC1.